The zero-order valence-electron chi connectivity index (χ0n) is 12.8. The Balaban J connectivity index is 1.92. The largest absolute Gasteiger partial charge is 0.497 e. The van der Waals surface area contributed by atoms with Crippen molar-refractivity contribution in [3.8, 4) is 5.75 Å². The zero-order chi connectivity index (χ0) is 18.1. The molecular formula is C17H11Cl2FN2O3. The van der Waals surface area contributed by atoms with Gasteiger partial charge >= 0.3 is 0 Å². The molecule has 0 aliphatic carbocycles. The molecule has 2 aromatic carbocycles. The second-order valence-electron chi connectivity index (χ2n) is 5.09. The van der Waals surface area contributed by atoms with Gasteiger partial charge in [-0.25, -0.2) is 9.29 Å². The Morgan fingerprint density at radius 1 is 1.08 bits per heavy atom. The van der Waals surface area contributed by atoms with Crippen LogP contribution in [0.2, 0.25) is 5.02 Å². The summed E-state index contributed by atoms with van der Waals surface area (Å²) < 4.78 is 18.4. The molecule has 0 atom stereocenters. The fourth-order valence-electron chi connectivity index (χ4n) is 2.32. The first-order valence-corrected chi connectivity index (χ1v) is 7.82. The van der Waals surface area contributed by atoms with Crippen molar-refractivity contribution in [1.29, 1.82) is 0 Å². The molecule has 2 aromatic rings. The van der Waals surface area contributed by atoms with E-state index in [1.165, 1.54) is 19.2 Å². The van der Waals surface area contributed by atoms with Crippen molar-refractivity contribution in [1.82, 2.24) is 0 Å². The molecule has 0 aromatic heterocycles. The smallest absolute Gasteiger partial charge is 0.283 e. The van der Waals surface area contributed by atoms with E-state index >= 15 is 0 Å². The first-order chi connectivity index (χ1) is 11.9. The van der Waals surface area contributed by atoms with Crippen LogP contribution in [0.3, 0.4) is 0 Å². The molecule has 1 heterocycles. The molecule has 3 rings (SSSR count). The topological polar surface area (TPSA) is 58.6 Å². The fraction of sp³-hybridized carbons (Fsp3) is 0.0588. The minimum atomic E-state index is -0.722. The van der Waals surface area contributed by atoms with Crippen LogP contribution in [0.5, 0.6) is 5.75 Å². The number of benzene rings is 2. The van der Waals surface area contributed by atoms with Crippen LogP contribution in [-0.2, 0) is 9.59 Å². The predicted molar refractivity (Wildman–Crippen MR) is 93.4 cm³/mol. The predicted octanol–water partition coefficient (Wildman–Crippen LogP) is 3.92. The number of amides is 2. The number of nitrogens with one attached hydrogen (secondary N) is 1. The number of carbonyl (C=O) groups excluding carboxylic acids is 2. The molecule has 0 fully saturated rings. The molecule has 1 N–H and O–H groups in total. The summed E-state index contributed by atoms with van der Waals surface area (Å²) in [6.07, 6.45) is 0. The van der Waals surface area contributed by atoms with Crippen molar-refractivity contribution in [3.05, 3.63) is 64.0 Å². The van der Waals surface area contributed by atoms with Crippen molar-refractivity contribution < 1.29 is 18.7 Å². The molecule has 0 bridgehead atoms. The highest BCUT2D eigenvalue weighted by molar-refractivity contribution is 6.53. The number of carbonyl (C=O) groups is 2. The molecule has 0 spiro atoms. The van der Waals surface area contributed by atoms with Crippen molar-refractivity contribution in [3.63, 3.8) is 0 Å². The molecule has 0 saturated carbocycles. The summed E-state index contributed by atoms with van der Waals surface area (Å²) in [7, 11) is 1.51. The Hall–Kier alpha value is -2.57. The van der Waals surface area contributed by atoms with E-state index in [0.717, 1.165) is 11.0 Å². The molecule has 0 saturated heterocycles. The van der Waals surface area contributed by atoms with Crippen LogP contribution < -0.4 is 15.0 Å². The van der Waals surface area contributed by atoms with E-state index in [-0.39, 0.29) is 21.4 Å². The molecule has 1 aliphatic rings. The first-order valence-electron chi connectivity index (χ1n) is 7.07. The quantitative estimate of drug-likeness (QED) is 0.816. The molecule has 0 unspecified atom stereocenters. The van der Waals surface area contributed by atoms with Gasteiger partial charge in [0, 0.05) is 11.8 Å². The Kier molecular flexibility index (Phi) is 4.65. The number of anilines is 2. The van der Waals surface area contributed by atoms with Crippen LogP contribution in [0.25, 0.3) is 0 Å². The van der Waals surface area contributed by atoms with Crippen molar-refractivity contribution >= 4 is 46.4 Å². The second-order valence-corrected chi connectivity index (χ2v) is 5.88. The van der Waals surface area contributed by atoms with Gasteiger partial charge in [0.2, 0.25) is 0 Å². The maximum atomic E-state index is 13.3. The number of ether oxygens (including phenoxy) is 1. The molecule has 25 heavy (non-hydrogen) atoms. The van der Waals surface area contributed by atoms with Gasteiger partial charge in [-0.05, 0) is 30.3 Å². The van der Waals surface area contributed by atoms with Gasteiger partial charge in [-0.2, -0.15) is 0 Å². The number of hydrogen-bond donors (Lipinski definition) is 1. The van der Waals surface area contributed by atoms with Gasteiger partial charge in [-0.1, -0.05) is 29.3 Å². The highest BCUT2D eigenvalue weighted by Gasteiger charge is 2.39. The summed E-state index contributed by atoms with van der Waals surface area (Å²) >= 11 is 11.8. The lowest BCUT2D eigenvalue weighted by Gasteiger charge is -2.15. The number of nitrogens with zero attached hydrogens (tertiary/aromatic N) is 1. The maximum Gasteiger partial charge on any atom is 0.283 e. The fourth-order valence-corrected chi connectivity index (χ4v) is 2.70. The van der Waals surface area contributed by atoms with Crippen molar-refractivity contribution in [2.45, 2.75) is 0 Å². The Morgan fingerprint density at radius 2 is 1.84 bits per heavy atom. The summed E-state index contributed by atoms with van der Waals surface area (Å²) in [6, 6.07) is 10.3. The van der Waals surface area contributed by atoms with Gasteiger partial charge < -0.3 is 10.1 Å². The summed E-state index contributed by atoms with van der Waals surface area (Å²) in [5.74, 6) is -1.47. The number of hydrogen-bond acceptors (Lipinski definition) is 4. The number of methoxy groups -OCH3 is 1. The van der Waals surface area contributed by atoms with Crippen LogP contribution in [-0.4, -0.2) is 18.9 Å². The second kappa shape index (κ2) is 6.74. The molecular weight excluding hydrogens is 370 g/mol. The monoisotopic (exact) mass is 380 g/mol. The molecule has 0 radical (unpaired) electrons. The van der Waals surface area contributed by atoms with Gasteiger partial charge in [-0.15, -0.1) is 0 Å². The highest BCUT2D eigenvalue weighted by atomic mass is 35.5. The van der Waals surface area contributed by atoms with Crippen molar-refractivity contribution in [2.24, 2.45) is 0 Å². The normalized spacial score (nSPS) is 14.3. The number of rotatable bonds is 4. The Labute approximate surface area is 152 Å². The van der Waals surface area contributed by atoms with Gasteiger partial charge in [0.1, 0.15) is 22.3 Å². The molecule has 2 amide bonds. The lowest BCUT2D eigenvalue weighted by molar-refractivity contribution is -0.120. The number of imide groups is 1. The zero-order valence-corrected chi connectivity index (χ0v) is 14.4. The SMILES string of the molecule is COc1cccc(NC2=C(Cl)C(=O)N(c3ccc(F)c(Cl)c3)C2=O)c1. The van der Waals surface area contributed by atoms with Crippen LogP contribution in [0.15, 0.2) is 53.2 Å². The van der Waals surface area contributed by atoms with E-state index in [1.54, 1.807) is 24.3 Å². The van der Waals surface area contributed by atoms with E-state index < -0.39 is 17.6 Å². The van der Waals surface area contributed by atoms with E-state index in [1.807, 2.05) is 0 Å². The van der Waals surface area contributed by atoms with Crippen LogP contribution in [0.1, 0.15) is 0 Å². The van der Waals surface area contributed by atoms with Gasteiger partial charge in [-0.3, -0.25) is 9.59 Å². The van der Waals surface area contributed by atoms with Crippen LogP contribution in [0, 0.1) is 5.82 Å². The third-order valence-corrected chi connectivity index (χ3v) is 4.17. The third-order valence-electron chi connectivity index (χ3n) is 3.53. The molecule has 5 nitrogen and oxygen atoms in total. The van der Waals surface area contributed by atoms with Gasteiger partial charge in [0.05, 0.1) is 17.8 Å². The minimum absolute atomic E-state index is 0.0830. The summed E-state index contributed by atoms with van der Waals surface area (Å²) in [5, 5.41) is 2.34. The average Bonchev–Trinajstić information content (AvgIpc) is 2.81. The summed E-state index contributed by atoms with van der Waals surface area (Å²) in [6.45, 7) is 0. The van der Waals surface area contributed by atoms with Crippen LogP contribution >= 0.6 is 23.2 Å². The van der Waals surface area contributed by atoms with E-state index in [2.05, 4.69) is 5.32 Å². The Bertz CT molecular complexity index is 915. The maximum absolute atomic E-state index is 13.3. The van der Waals surface area contributed by atoms with E-state index in [9.17, 15) is 14.0 Å². The minimum Gasteiger partial charge on any atom is -0.497 e. The summed E-state index contributed by atoms with van der Waals surface area (Å²) in [5.41, 5.74) is 0.565. The standard InChI is InChI=1S/C17H11Cl2FN2O3/c1-25-11-4-2-3-9(7-11)21-15-14(19)16(23)22(17(15)24)10-5-6-13(20)12(18)8-10/h2-8,21H,1H3. The van der Waals surface area contributed by atoms with E-state index in [4.69, 9.17) is 27.9 Å². The van der Waals surface area contributed by atoms with Gasteiger partial charge in [0.15, 0.2) is 0 Å². The van der Waals surface area contributed by atoms with E-state index in [0.29, 0.717) is 11.4 Å². The lowest BCUT2D eigenvalue weighted by Crippen LogP contribution is -2.32. The average molecular weight is 381 g/mol. The Morgan fingerprint density at radius 3 is 2.52 bits per heavy atom. The van der Waals surface area contributed by atoms with Crippen LogP contribution in [0.4, 0.5) is 15.8 Å². The third kappa shape index (κ3) is 3.18. The highest BCUT2D eigenvalue weighted by Crippen LogP contribution is 2.32. The van der Waals surface area contributed by atoms with Gasteiger partial charge in [0.25, 0.3) is 11.8 Å². The number of halogens is 3. The molecule has 1 aliphatic heterocycles. The molecule has 8 heteroatoms. The van der Waals surface area contributed by atoms with Crippen molar-refractivity contribution in [2.75, 3.05) is 17.3 Å². The summed E-state index contributed by atoms with van der Waals surface area (Å²) in [4.78, 5) is 25.8. The molecule has 128 valence electrons. The lowest BCUT2D eigenvalue weighted by atomic mass is 10.2. The first kappa shape index (κ1) is 17.3.